The van der Waals surface area contributed by atoms with E-state index in [4.69, 9.17) is 0 Å². The Bertz CT molecular complexity index is 128. The van der Waals surface area contributed by atoms with Crippen LogP contribution in [0.2, 0.25) is 0 Å². The Balaban J connectivity index is 2.19. The zero-order chi connectivity index (χ0) is 8.10. The number of carbonyl (C=O) groups is 1. The molecule has 0 aromatic rings. The lowest BCUT2D eigenvalue weighted by Gasteiger charge is -2.19. The van der Waals surface area contributed by atoms with Crippen LogP contribution in [0.4, 0.5) is 0 Å². The minimum Gasteiger partial charge on any atom is -0.287 e. The molecule has 2 heteroatoms. The maximum absolute atomic E-state index is 11.0. The van der Waals surface area contributed by atoms with Gasteiger partial charge in [-0.2, -0.15) is 0 Å². The third-order valence-electron chi connectivity index (χ3n) is 2.14. The standard InChI is InChI=1S/C9H16OS/c1-2-9(10)11-8-6-4-3-5-7-8/h8H,2-7H2,1H3. The molecule has 0 aromatic heterocycles. The third-order valence-corrected chi connectivity index (χ3v) is 3.50. The number of carbonyl (C=O) groups excluding carboxylic acids is 1. The summed E-state index contributed by atoms with van der Waals surface area (Å²) < 4.78 is 0. The summed E-state index contributed by atoms with van der Waals surface area (Å²) in [6.45, 7) is 1.94. The molecule has 0 aromatic carbocycles. The van der Waals surface area contributed by atoms with Crippen molar-refractivity contribution < 1.29 is 4.79 Å². The Kier molecular flexibility index (Phi) is 3.98. The molecule has 0 unspecified atom stereocenters. The molecule has 1 rings (SSSR count). The summed E-state index contributed by atoms with van der Waals surface area (Å²) in [5.74, 6) is 0. The van der Waals surface area contributed by atoms with Crippen LogP contribution in [0, 0.1) is 0 Å². The highest BCUT2D eigenvalue weighted by Gasteiger charge is 2.16. The SMILES string of the molecule is CCC(=O)SC1CCCCC1. The van der Waals surface area contributed by atoms with Gasteiger partial charge in [0.1, 0.15) is 0 Å². The van der Waals surface area contributed by atoms with E-state index < -0.39 is 0 Å². The minimum atomic E-state index is 0.372. The second-order valence-electron chi connectivity index (χ2n) is 3.10. The van der Waals surface area contributed by atoms with Crippen molar-refractivity contribution >= 4 is 16.9 Å². The molecule has 1 saturated carbocycles. The van der Waals surface area contributed by atoms with Crippen molar-refractivity contribution in [2.75, 3.05) is 0 Å². The first kappa shape index (κ1) is 9.11. The lowest BCUT2D eigenvalue weighted by Crippen LogP contribution is -2.10. The smallest absolute Gasteiger partial charge is 0.188 e. The van der Waals surface area contributed by atoms with Crippen molar-refractivity contribution in [3.8, 4) is 0 Å². The molecule has 0 bridgehead atoms. The second kappa shape index (κ2) is 4.81. The molecule has 11 heavy (non-hydrogen) atoms. The summed E-state index contributed by atoms with van der Waals surface area (Å²) in [7, 11) is 0. The van der Waals surface area contributed by atoms with Crippen LogP contribution in [-0.2, 0) is 4.79 Å². The monoisotopic (exact) mass is 172 g/mol. The van der Waals surface area contributed by atoms with Crippen molar-refractivity contribution in [1.29, 1.82) is 0 Å². The molecule has 64 valence electrons. The summed E-state index contributed by atoms with van der Waals surface area (Å²) in [5, 5.41) is 1.02. The molecule has 0 atom stereocenters. The number of thioether (sulfide) groups is 1. The van der Waals surface area contributed by atoms with Crippen molar-refractivity contribution in [2.24, 2.45) is 0 Å². The molecule has 0 radical (unpaired) electrons. The molecule has 0 spiro atoms. The summed E-state index contributed by atoms with van der Waals surface area (Å²) in [6.07, 6.45) is 7.24. The Labute approximate surface area is 72.9 Å². The molecule has 0 N–H and O–H groups in total. The van der Waals surface area contributed by atoms with Crippen LogP contribution in [0.15, 0.2) is 0 Å². The number of hydrogen-bond donors (Lipinski definition) is 0. The molecule has 0 aliphatic heterocycles. The van der Waals surface area contributed by atoms with Crippen molar-refractivity contribution in [1.82, 2.24) is 0 Å². The highest BCUT2D eigenvalue weighted by molar-refractivity contribution is 8.14. The molecule has 0 saturated heterocycles. The maximum Gasteiger partial charge on any atom is 0.188 e. The van der Waals surface area contributed by atoms with E-state index in [-0.39, 0.29) is 0 Å². The predicted molar refractivity (Wildman–Crippen MR) is 49.8 cm³/mol. The topological polar surface area (TPSA) is 17.1 Å². The van der Waals surface area contributed by atoms with E-state index in [1.807, 2.05) is 6.92 Å². The number of rotatable bonds is 2. The van der Waals surface area contributed by atoms with Crippen LogP contribution in [0.5, 0.6) is 0 Å². The fourth-order valence-corrected chi connectivity index (χ4v) is 2.56. The van der Waals surface area contributed by atoms with Gasteiger partial charge in [0.2, 0.25) is 0 Å². The highest BCUT2D eigenvalue weighted by atomic mass is 32.2. The van der Waals surface area contributed by atoms with Gasteiger partial charge in [-0.3, -0.25) is 4.79 Å². The molecule has 1 fully saturated rings. The molecule has 1 aliphatic carbocycles. The molecule has 0 heterocycles. The van der Waals surface area contributed by atoms with Crippen molar-refractivity contribution in [2.45, 2.75) is 50.7 Å². The molecule has 1 nitrogen and oxygen atoms in total. The molecule has 0 amide bonds. The average Bonchev–Trinajstić information content (AvgIpc) is 2.06. The third kappa shape index (κ3) is 3.28. The van der Waals surface area contributed by atoms with Gasteiger partial charge >= 0.3 is 0 Å². The quantitative estimate of drug-likeness (QED) is 0.637. The van der Waals surface area contributed by atoms with Gasteiger partial charge in [0, 0.05) is 11.7 Å². The van der Waals surface area contributed by atoms with Crippen LogP contribution in [0.1, 0.15) is 45.4 Å². The van der Waals surface area contributed by atoms with Gasteiger partial charge < -0.3 is 0 Å². The number of hydrogen-bond acceptors (Lipinski definition) is 2. The highest BCUT2D eigenvalue weighted by Crippen LogP contribution is 2.28. The first-order valence-electron chi connectivity index (χ1n) is 4.52. The summed E-state index contributed by atoms with van der Waals surface area (Å²) in [6, 6.07) is 0. The van der Waals surface area contributed by atoms with E-state index >= 15 is 0 Å². The Morgan fingerprint density at radius 1 is 1.36 bits per heavy atom. The second-order valence-corrected chi connectivity index (χ2v) is 4.46. The van der Waals surface area contributed by atoms with Gasteiger partial charge in [-0.25, -0.2) is 0 Å². The first-order chi connectivity index (χ1) is 5.33. The summed E-state index contributed by atoms with van der Waals surface area (Å²) in [5.41, 5.74) is 0. The van der Waals surface area contributed by atoms with E-state index in [1.54, 1.807) is 11.8 Å². The van der Waals surface area contributed by atoms with Crippen LogP contribution >= 0.6 is 11.8 Å². The van der Waals surface area contributed by atoms with Crippen LogP contribution in [-0.4, -0.2) is 10.4 Å². The van der Waals surface area contributed by atoms with E-state index in [1.165, 1.54) is 32.1 Å². The van der Waals surface area contributed by atoms with Gasteiger partial charge in [0.25, 0.3) is 0 Å². The molecular weight excluding hydrogens is 156 g/mol. The van der Waals surface area contributed by atoms with Crippen LogP contribution in [0.25, 0.3) is 0 Å². The largest absolute Gasteiger partial charge is 0.287 e. The van der Waals surface area contributed by atoms with Gasteiger partial charge in [0.15, 0.2) is 5.12 Å². The molecule has 1 aliphatic rings. The predicted octanol–water partition coefficient (Wildman–Crippen LogP) is 2.99. The Morgan fingerprint density at radius 3 is 2.55 bits per heavy atom. The first-order valence-corrected chi connectivity index (χ1v) is 5.40. The zero-order valence-electron chi connectivity index (χ0n) is 7.14. The van der Waals surface area contributed by atoms with Gasteiger partial charge in [-0.05, 0) is 12.8 Å². The Morgan fingerprint density at radius 2 is 2.00 bits per heavy atom. The summed E-state index contributed by atoms with van der Waals surface area (Å²) >= 11 is 1.58. The van der Waals surface area contributed by atoms with E-state index in [0.717, 1.165) is 0 Å². The fraction of sp³-hybridized carbons (Fsp3) is 0.889. The summed E-state index contributed by atoms with van der Waals surface area (Å²) in [4.78, 5) is 11.0. The van der Waals surface area contributed by atoms with Crippen LogP contribution < -0.4 is 0 Å². The molecular formula is C9H16OS. The lowest BCUT2D eigenvalue weighted by molar-refractivity contribution is -0.110. The van der Waals surface area contributed by atoms with Crippen molar-refractivity contribution in [3.05, 3.63) is 0 Å². The van der Waals surface area contributed by atoms with Gasteiger partial charge in [-0.1, -0.05) is 37.9 Å². The van der Waals surface area contributed by atoms with Gasteiger partial charge in [0.05, 0.1) is 0 Å². The van der Waals surface area contributed by atoms with Gasteiger partial charge in [-0.15, -0.1) is 0 Å². The Hall–Kier alpha value is 0.0200. The lowest BCUT2D eigenvalue weighted by atomic mass is 10.0. The van der Waals surface area contributed by atoms with E-state index in [0.29, 0.717) is 16.8 Å². The van der Waals surface area contributed by atoms with Crippen molar-refractivity contribution in [3.63, 3.8) is 0 Å². The fourth-order valence-electron chi connectivity index (χ4n) is 1.45. The minimum absolute atomic E-state index is 0.372. The zero-order valence-corrected chi connectivity index (χ0v) is 7.95. The normalized spacial score (nSPS) is 20.1. The van der Waals surface area contributed by atoms with Crippen LogP contribution in [0.3, 0.4) is 0 Å². The van der Waals surface area contributed by atoms with E-state index in [9.17, 15) is 4.79 Å². The maximum atomic E-state index is 11.0. The average molecular weight is 172 g/mol. The van der Waals surface area contributed by atoms with E-state index in [2.05, 4.69) is 0 Å².